The lowest BCUT2D eigenvalue weighted by atomic mass is 10.2. The van der Waals surface area contributed by atoms with Gasteiger partial charge in [0.1, 0.15) is 5.82 Å². The summed E-state index contributed by atoms with van der Waals surface area (Å²) in [6.45, 7) is 2.36. The minimum absolute atomic E-state index is 0.0133. The number of likely N-dealkylation sites (N-methyl/N-ethyl adjacent to an activating group) is 1. The first-order chi connectivity index (χ1) is 9.37. The number of sulfonamides is 1. The Hall–Kier alpha value is -0.690. The highest BCUT2D eigenvalue weighted by molar-refractivity contribution is 7.89. The van der Waals surface area contributed by atoms with Crippen LogP contribution in [-0.4, -0.2) is 38.5 Å². The van der Waals surface area contributed by atoms with Gasteiger partial charge in [0.15, 0.2) is 0 Å². The molecule has 1 fully saturated rings. The van der Waals surface area contributed by atoms with E-state index in [1.165, 1.54) is 23.5 Å². The molecule has 0 radical (unpaired) electrons. The van der Waals surface area contributed by atoms with Crippen LogP contribution in [0.5, 0.6) is 0 Å². The third-order valence-electron chi connectivity index (χ3n) is 3.63. The number of halogens is 2. The zero-order valence-corrected chi connectivity index (χ0v) is 12.9. The summed E-state index contributed by atoms with van der Waals surface area (Å²) < 4.78 is 45.3. The van der Waals surface area contributed by atoms with Crippen LogP contribution in [0.1, 0.15) is 18.9 Å². The topological polar surface area (TPSA) is 46.6 Å². The van der Waals surface area contributed by atoms with Crippen molar-refractivity contribution in [3.05, 3.63) is 29.6 Å². The molecule has 0 spiro atoms. The number of rotatable bonds is 4. The molecule has 0 amide bonds. The number of alkyl halides is 1. The van der Waals surface area contributed by atoms with Crippen molar-refractivity contribution in [2.24, 2.45) is 0 Å². The van der Waals surface area contributed by atoms with Gasteiger partial charge in [0, 0.05) is 19.5 Å². The Morgan fingerprint density at radius 1 is 1.50 bits per heavy atom. The van der Waals surface area contributed by atoms with E-state index < -0.39 is 15.8 Å². The van der Waals surface area contributed by atoms with E-state index in [-0.39, 0.29) is 22.9 Å². The van der Waals surface area contributed by atoms with Crippen molar-refractivity contribution in [3.63, 3.8) is 0 Å². The van der Waals surface area contributed by atoms with Gasteiger partial charge in [0.25, 0.3) is 0 Å². The number of ether oxygens (including phenoxy) is 1. The van der Waals surface area contributed by atoms with Crippen LogP contribution in [0.3, 0.4) is 0 Å². The molecule has 1 aromatic rings. The SMILES string of the molecule is CC1OCCC1N(C)S(=O)(=O)c1cc(F)ccc1CCl. The largest absolute Gasteiger partial charge is 0.377 e. The molecule has 20 heavy (non-hydrogen) atoms. The van der Waals surface area contributed by atoms with Gasteiger partial charge < -0.3 is 4.74 Å². The van der Waals surface area contributed by atoms with E-state index in [0.717, 1.165) is 6.07 Å². The van der Waals surface area contributed by atoms with Crippen molar-refractivity contribution in [3.8, 4) is 0 Å². The molecule has 4 nitrogen and oxygen atoms in total. The fourth-order valence-electron chi connectivity index (χ4n) is 2.41. The smallest absolute Gasteiger partial charge is 0.243 e. The van der Waals surface area contributed by atoms with Crippen LogP contribution in [0.25, 0.3) is 0 Å². The zero-order valence-electron chi connectivity index (χ0n) is 11.3. The molecule has 1 aliphatic heterocycles. The lowest BCUT2D eigenvalue weighted by Gasteiger charge is -2.26. The summed E-state index contributed by atoms with van der Waals surface area (Å²) >= 11 is 5.75. The first kappa shape index (κ1) is 15.7. The van der Waals surface area contributed by atoms with Gasteiger partial charge in [-0.15, -0.1) is 11.6 Å². The first-order valence-electron chi connectivity index (χ1n) is 6.32. The van der Waals surface area contributed by atoms with E-state index in [1.54, 1.807) is 0 Å². The van der Waals surface area contributed by atoms with E-state index in [9.17, 15) is 12.8 Å². The van der Waals surface area contributed by atoms with E-state index in [0.29, 0.717) is 18.6 Å². The molecule has 7 heteroatoms. The number of hydrogen-bond acceptors (Lipinski definition) is 3. The van der Waals surface area contributed by atoms with E-state index in [4.69, 9.17) is 16.3 Å². The van der Waals surface area contributed by atoms with Gasteiger partial charge in [-0.25, -0.2) is 12.8 Å². The molecule has 0 aliphatic carbocycles. The molecule has 0 aromatic heterocycles. The van der Waals surface area contributed by atoms with Crippen LogP contribution in [0.2, 0.25) is 0 Å². The molecule has 1 aliphatic rings. The lowest BCUT2D eigenvalue weighted by Crippen LogP contribution is -2.41. The maximum Gasteiger partial charge on any atom is 0.243 e. The molecule has 1 heterocycles. The molecule has 2 rings (SSSR count). The Kier molecular flexibility index (Phi) is 4.69. The van der Waals surface area contributed by atoms with Crippen LogP contribution in [0.15, 0.2) is 23.1 Å². The molecular weight excluding hydrogens is 305 g/mol. The monoisotopic (exact) mass is 321 g/mol. The van der Waals surface area contributed by atoms with Crippen molar-refractivity contribution in [2.75, 3.05) is 13.7 Å². The summed E-state index contributed by atoms with van der Waals surface area (Å²) in [4.78, 5) is -0.0749. The lowest BCUT2D eigenvalue weighted by molar-refractivity contribution is 0.102. The third-order valence-corrected chi connectivity index (χ3v) is 5.89. The molecule has 2 atom stereocenters. The number of hydrogen-bond donors (Lipinski definition) is 0. The summed E-state index contributed by atoms with van der Waals surface area (Å²) in [6, 6.07) is 3.38. The predicted molar refractivity (Wildman–Crippen MR) is 74.7 cm³/mol. The van der Waals surface area contributed by atoms with Gasteiger partial charge in [-0.3, -0.25) is 0 Å². The summed E-state index contributed by atoms with van der Waals surface area (Å²) in [5, 5.41) is 0. The Balaban J connectivity index is 2.42. The Bertz CT molecular complexity index is 593. The normalized spacial score (nSPS) is 23.4. The first-order valence-corrected chi connectivity index (χ1v) is 8.29. The third kappa shape index (κ3) is 2.83. The van der Waals surface area contributed by atoms with Gasteiger partial charge in [-0.1, -0.05) is 6.07 Å². The van der Waals surface area contributed by atoms with Crippen molar-refractivity contribution in [2.45, 2.75) is 36.3 Å². The van der Waals surface area contributed by atoms with E-state index in [2.05, 4.69) is 0 Å². The molecule has 112 valence electrons. The van der Waals surface area contributed by atoms with Crippen LogP contribution in [0, 0.1) is 5.82 Å². The molecular formula is C13H17ClFNO3S. The van der Waals surface area contributed by atoms with E-state index >= 15 is 0 Å². The van der Waals surface area contributed by atoms with Gasteiger partial charge in [0.05, 0.1) is 17.0 Å². The summed E-state index contributed by atoms with van der Waals surface area (Å²) in [5.74, 6) is -0.582. The van der Waals surface area contributed by atoms with Gasteiger partial charge in [-0.2, -0.15) is 4.31 Å². The fraction of sp³-hybridized carbons (Fsp3) is 0.538. The Labute approximate surface area is 123 Å². The number of benzene rings is 1. The summed E-state index contributed by atoms with van der Waals surface area (Å²) in [7, 11) is -2.30. The average molecular weight is 322 g/mol. The standard InChI is InChI=1S/C13H17ClFNO3S/c1-9-12(5-6-19-9)16(2)20(17,18)13-7-11(15)4-3-10(13)8-14/h3-4,7,9,12H,5-6,8H2,1-2H3. The molecule has 2 unspecified atom stereocenters. The molecule has 0 N–H and O–H groups in total. The quantitative estimate of drug-likeness (QED) is 0.800. The fourth-order valence-corrected chi connectivity index (χ4v) is 4.40. The minimum atomic E-state index is -3.79. The van der Waals surface area contributed by atoms with Crippen LogP contribution >= 0.6 is 11.6 Å². The van der Waals surface area contributed by atoms with Crippen molar-refractivity contribution < 1.29 is 17.5 Å². The highest BCUT2D eigenvalue weighted by atomic mass is 35.5. The molecule has 1 aromatic carbocycles. The second-order valence-corrected chi connectivity index (χ2v) is 7.07. The number of nitrogens with zero attached hydrogens (tertiary/aromatic N) is 1. The van der Waals surface area contributed by atoms with Crippen molar-refractivity contribution >= 4 is 21.6 Å². The Morgan fingerprint density at radius 3 is 2.75 bits per heavy atom. The van der Waals surface area contributed by atoms with E-state index in [1.807, 2.05) is 6.92 Å². The molecule has 1 saturated heterocycles. The molecule has 0 bridgehead atoms. The highest BCUT2D eigenvalue weighted by Crippen LogP contribution is 2.27. The zero-order chi connectivity index (χ0) is 14.9. The van der Waals surface area contributed by atoms with Crippen LogP contribution in [0.4, 0.5) is 4.39 Å². The maximum absolute atomic E-state index is 13.4. The summed E-state index contributed by atoms with van der Waals surface area (Å²) in [6.07, 6.45) is 0.449. The molecule has 0 saturated carbocycles. The van der Waals surface area contributed by atoms with Crippen LogP contribution < -0.4 is 0 Å². The highest BCUT2D eigenvalue weighted by Gasteiger charge is 2.36. The second-order valence-electron chi connectivity index (χ2n) is 4.84. The average Bonchev–Trinajstić information content (AvgIpc) is 2.83. The maximum atomic E-state index is 13.4. The summed E-state index contributed by atoms with van der Waals surface area (Å²) in [5.41, 5.74) is 0.395. The van der Waals surface area contributed by atoms with Crippen molar-refractivity contribution in [1.29, 1.82) is 0 Å². The van der Waals surface area contributed by atoms with Gasteiger partial charge >= 0.3 is 0 Å². The van der Waals surface area contributed by atoms with Gasteiger partial charge in [-0.05, 0) is 31.0 Å². The second kappa shape index (κ2) is 5.97. The van der Waals surface area contributed by atoms with Gasteiger partial charge in [0.2, 0.25) is 10.0 Å². The Morgan fingerprint density at radius 2 is 2.20 bits per heavy atom. The van der Waals surface area contributed by atoms with Crippen LogP contribution in [-0.2, 0) is 20.6 Å². The minimum Gasteiger partial charge on any atom is -0.377 e. The van der Waals surface area contributed by atoms with Crippen molar-refractivity contribution in [1.82, 2.24) is 4.31 Å². The predicted octanol–water partition coefficient (Wildman–Crippen LogP) is 2.36.